The van der Waals surface area contributed by atoms with Crippen molar-refractivity contribution >= 4 is 29.1 Å². The molecule has 0 spiro atoms. The molecule has 1 unspecified atom stereocenters. The van der Waals surface area contributed by atoms with Gasteiger partial charge in [-0.2, -0.15) is 0 Å². The van der Waals surface area contributed by atoms with Gasteiger partial charge in [0.05, 0.1) is 6.61 Å². The van der Waals surface area contributed by atoms with Crippen LogP contribution in [0.25, 0.3) is 0 Å². The van der Waals surface area contributed by atoms with Crippen LogP contribution in [0.1, 0.15) is 49.7 Å². The van der Waals surface area contributed by atoms with Crippen LogP contribution in [0.4, 0.5) is 0 Å². The molecule has 2 aromatic rings. The molecular weight excluding hydrogens is 398 g/mol. The van der Waals surface area contributed by atoms with Crippen molar-refractivity contribution in [3.05, 3.63) is 82.0 Å². The number of carbonyl (C=O) groups is 2. The van der Waals surface area contributed by atoms with Gasteiger partial charge in [0, 0.05) is 34.3 Å². The zero-order valence-electron chi connectivity index (χ0n) is 17.1. The highest BCUT2D eigenvalue weighted by atomic mass is 35.5. The third-order valence-corrected chi connectivity index (χ3v) is 6.18. The first-order valence-electron chi connectivity index (χ1n) is 10.3. The molecule has 0 bridgehead atoms. The fraction of sp³-hybridized carbons (Fsp3) is 0.320. The van der Waals surface area contributed by atoms with Crippen LogP contribution in [0.2, 0.25) is 5.02 Å². The number of ketones is 1. The predicted molar refractivity (Wildman–Crippen MR) is 118 cm³/mol. The Bertz CT molecular complexity index is 1020. The molecular formula is C25H24ClNO3. The molecule has 1 aliphatic heterocycles. The molecule has 2 aromatic carbocycles. The number of benzene rings is 2. The summed E-state index contributed by atoms with van der Waals surface area (Å²) in [4.78, 5) is 31.0. The minimum Gasteiger partial charge on any atom is -0.465 e. The summed E-state index contributed by atoms with van der Waals surface area (Å²) >= 11 is 6.09. The van der Waals surface area contributed by atoms with E-state index >= 15 is 0 Å². The lowest BCUT2D eigenvalue weighted by Crippen LogP contribution is -2.38. The molecule has 0 radical (unpaired) electrons. The Kier molecular flexibility index (Phi) is 5.87. The molecule has 5 heteroatoms. The SMILES string of the molecule is CCOC(=O)C1C(C)=NC2=C(C(=O)C[C@@H](c3ccccc3)C2)[C@@H]1c1ccc(Cl)cc1. The standard InChI is InChI=1S/C25H24ClNO3/c1-3-30-25(29)22-15(2)27-20-13-18(16-7-5-4-6-8-16)14-21(28)24(20)23(22)17-9-11-19(26)12-10-17/h4-12,18,22-23H,3,13-14H2,1-2H3/t18-,22?,23+/m0/s1. The number of halogens is 1. The maximum absolute atomic E-state index is 13.4. The van der Waals surface area contributed by atoms with Gasteiger partial charge in [0.2, 0.25) is 0 Å². The average molecular weight is 422 g/mol. The number of esters is 1. The van der Waals surface area contributed by atoms with Crippen LogP contribution in [0.15, 0.2) is 70.9 Å². The molecule has 0 amide bonds. The first kappa shape index (κ1) is 20.5. The minimum atomic E-state index is -0.609. The number of hydrogen-bond donors (Lipinski definition) is 0. The van der Waals surface area contributed by atoms with E-state index < -0.39 is 11.8 Å². The van der Waals surface area contributed by atoms with Gasteiger partial charge in [-0.3, -0.25) is 14.6 Å². The Labute approximate surface area is 181 Å². The van der Waals surface area contributed by atoms with Crippen LogP contribution in [-0.4, -0.2) is 24.1 Å². The van der Waals surface area contributed by atoms with Crippen molar-refractivity contribution in [2.75, 3.05) is 6.61 Å². The molecule has 0 aromatic heterocycles. The van der Waals surface area contributed by atoms with Gasteiger partial charge in [0.25, 0.3) is 0 Å². The summed E-state index contributed by atoms with van der Waals surface area (Å²) in [6, 6.07) is 17.4. The van der Waals surface area contributed by atoms with Crippen molar-refractivity contribution < 1.29 is 14.3 Å². The number of rotatable bonds is 4. The summed E-state index contributed by atoms with van der Waals surface area (Å²) in [7, 11) is 0. The topological polar surface area (TPSA) is 55.7 Å². The number of allylic oxidation sites excluding steroid dienone is 2. The van der Waals surface area contributed by atoms with Crippen molar-refractivity contribution in [3.63, 3.8) is 0 Å². The van der Waals surface area contributed by atoms with Crippen molar-refractivity contribution in [3.8, 4) is 0 Å². The van der Waals surface area contributed by atoms with E-state index in [0.717, 1.165) is 16.8 Å². The number of aliphatic imine (C=N–C) groups is 1. The van der Waals surface area contributed by atoms with Crippen LogP contribution in [-0.2, 0) is 14.3 Å². The van der Waals surface area contributed by atoms with E-state index in [0.29, 0.717) is 29.1 Å². The molecule has 1 aliphatic carbocycles. The van der Waals surface area contributed by atoms with E-state index in [4.69, 9.17) is 21.3 Å². The fourth-order valence-corrected chi connectivity index (χ4v) is 4.71. The Morgan fingerprint density at radius 2 is 1.77 bits per heavy atom. The average Bonchev–Trinajstić information content (AvgIpc) is 2.74. The largest absolute Gasteiger partial charge is 0.465 e. The Morgan fingerprint density at radius 3 is 2.43 bits per heavy atom. The lowest BCUT2D eigenvalue weighted by Gasteiger charge is -2.36. The third-order valence-electron chi connectivity index (χ3n) is 5.93. The van der Waals surface area contributed by atoms with Gasteiger partial charge in [0.1, 0.15) is 5.92 Å². The van der Waals surface area contributed by atoms with Crippen molar-refractivity contribution in [2.24, 2.45) is 10.9 Å². The zero-order chi connectivity index (χ0) is 21.3. The highest BCUT2D eigenvalue weighted by molar-refractivity contribution is 6.30. The highest BCUT2D eigenvalue weighted by Gasteiger charge is 2.44. The van der Waals surface area contributed by atoms with Gasteiger partial charge >= 0.3 is 5.97 Å². The van der Waals surface area contributed by atoms with Gasteiger partial charge in [-0.25, -0.2) is 0 Å². The van der Waals surface area contributed by atoms with Gasteiger partial charge < -0.3 is 4.74 Å². The van der Waals surface area contributed by atoms with E-state index in [1.807, 2.05) is 37.3 Å². The van der Waals surface area contributed by atoms with Crippen LogP contribution >= 0.6 is 11.6 Å². The Hall–Kier alpha value is -2.72. The monoisotopic (exact) mass is 421 g/mol. The van der Waals surface area contributed by atoms with E-state index in [1.165, 1.54) is 0 Å². The molecule has 30 heavy (non-hydrogen) atoms. The normalized spacial score (nSPS) is 23.6. The molecule has 0 saturated heterocycles. The molecule has 0 fully saturated rings. The summed E-state index contributed by atoms with van der Waals surface area (Å²) in [5.41, 5.74) is 4.14. The summed E-state index contributed by atoms with van der Waals surface area (Å²) in [6.07, 6.45) is 1.10. The second-order valence-electron chi connectivity index (χ2n) is 7.81. The van der Waals surface area contributed by atoms with Crippen LogP contribution in [0.5, 0.6) is 0 Å². The van der Waals surface area contributed by atoms with Gasteiger partial charge in [-0.1, -0.05) is 54.1 Å². The Morgan fingerprint density at radius 1 is 1.07 bits per heavy atom. The van der Waals surface area contributed by atoms with E-state index in [-0.39, 0.29) is 24.3 Å². The maximum atomic E-state index is 13.4. The van der Waals surface area contributed by atoms with Crippen LogP contribution < -0.4 is 0 Å². The summed E-state index contributed by atoms with van der Waals surface area (Å²) in [5, 5.41) is 0.612. The van der Waals surface area contributed by atoms with Gasteiger partial charge in [-0.05, 0) is 49.4 Å². The summed E-state index contributed by atoms with van der Waals surface area (Å²) in [6.45, 7) is 3.92. The summed E-state index contributed by atoms with van der Waals surface area (Å²) in [5.74, 6) is -1.21. The molecule has 4 nitrogen and oxygen atoms in total. The zero-order valence-corrected chi connectivity index (χ0v) is 17.9. The number of carbonyl (C=O) groups excluding carboxylic acids is 2. The smallest absolute Gasteiger partial charge is 0.315 e. The van der Waals surface area contributed by atoms with Crippen LogP contribution in [0.3, 0.4) is 0 Å². The van der Waals surface area contributed by atoms with Crippen molar-refractivity contribution in [1.29, 1.82) is 0 Å². The maximum Gasteiger partial charge on any atom is 0.315 e. The second kappa shape index (κ2) is 8.57. The molecule has 2 aliphatic rings. The molecule has 3 atom stereocenters. The van der Waals surface area contributed by atoms with Crippen molar-refractivity contribution in [2.45, 2.75) is 38.5 Å². The van der Waals surface area contributed by atoms with Gasteiger partial charge in [0.15, 0.2) is 5.78 Å². The molecule has 1 heterocycles. The number of ether oxygens (including phenoxy) is 1. The lowest BCUT2D eigenvalue weighted by atomic mass is 9.69. The predicted octanol–water partition coefficient (Wildman–Crippen LogP) is 5.48. The highest BCUT2D eigenvalue weighted by Crippen LogP contribution is 2.46. The van der Waals surface area contributed by atoms with E-state index in [1.54, 1.807) is 19.1 Å². The first-order valence-corrected chi connectivity index (χ1v) is 10.7. The summed E-state index contributed by atoms with van der Waals surface area (Å²) < 4.78 is 5.35. The Balaban J connectivity index is 1.80. The van der Waals surface area contributed by atoms with Crippen LogP contribution in [0, 0.1) is 5.92 Å². The molecule has 4 rings (SSSR count). The van der Waals surface area contributed by atoms with Gasteiger partial charge in [-0.15, -0.1) is 0 Å². The number of nitrogens with zero attached hydrogens (tertiary/aromatic N) is 1. The molecule has 154 valence electrons. The van der Waals surface area contributed by atoms with E-state index in [2.05, 4.69) is 12.1 Å². The van der Waals surface area contributed by atoms with E-state index in [9.17, 15) is 9.59 Å². The molecule has 0 N–H and O–H groups in total. The first-order chi connectivity index (χ1) is 14.5. The molecule has 0 saturated carbocycles. The number of hydrogen-bond acceptors (Lipinski definition) is 4. The van der Waals surface area contributed by atoms with Crippen molar-refractivity contribution in [1.82, 2.24) is 0 Å². The number of Topliss-reactive ketones (excluding diaryl/α,β-unsaturated/α-hetero) is 1. The third kappa shape index (κ3) is 3.84. The fourth-order valence-electron chi connectivity index (χ4n) is 4.59. The lowest BCUT2D eigenvalue weighted by molar-refractivity contribution is -0.146. The quantitative estimate of drug-likeness (QED) is 0.614. The second-order valence-corrected chi connectivity index (χ2v) is 8.25. The minimum absolute atomic E-state index is 0.0515.